The number of para-hydroxylation sites is 1. The molecule has 0 aliphatic heterocycles. The lowest BCUT2D eigenvalue weighted by Crippen LogP contribution is -1.78. The molecule has 0 spiro atoms. The molecular formula is C13H8ClNO2. The number of phenols is 1. The second-order valence-electron chi connectivity index (χ2n) is 3.62. The summed E-state index contributed by atoms with van der Waals surface area (Å²) < 4.78 is 5.56. The van der Waals surface area contributed by atoms with Crippen LogP contribution in [0.4, 0.5) is 0 Å². The van der Waals surface area contributed by atoms with E-state index >= 15 is 0 Å². The first-order valence-electron chi connectivity index (χ1n) is 5.09. The molecule has 0 radical (unpaired) electrons. The Kier molecular flexibility index (Phi) is 2.27. The van der Waals surface area contributed by atoms with Crippen molar-refractivity contribution in [2.45, 2.75) is 0 Å². The van der Waals surface area contributed by atoms with E-state index in [1.54, 1.807) is 24.3 Å². The fraction of sp³-hybridized carbons (Fsp3) is 0. The van der Waals surface area contributed by atoms with Gasteiger partial charge in [0.15, 0.2) is 11.1 Å². The van der Waals surface area contributed by atoms with Crippen molar-refractivity contribution < 1.29 is 9.52 Å². The Balaban J connectivity index is 2.26. The first kappa shape index (κ1) is 10.2. The van der Waals surface area contributed by atoms with E-state index in [-0.39, 0.29) is 5.75 Å². The van der Waals surface area contributed by atoms with E-state index in [4.69, 9.17) is 16.0 Å². The summed E-state index contributed by atoms with van der Waals surface area (Å²) in [6.45, 7) is 0. The molecule has 0 saturated heterocycles. The normalized spacial score (nSPS) is 10.9. The topological polar surface area (TPSA) is 46.3 Å². The highest BCUT2D eigenvalue weighted by Gasteiger charge is 2.12. The number of oxazole rings is 1. The number of aromatic nitrogens is 1. The van der Waals surface area contributed by atoms with E-state index in [1.165, 1.54) is 0 Å². The van der Waals surface area contributed by atoms with Gasteiger partial charge in [0.2, 0.25) is 5.89 Å². The highest BCUT2D eigenvalue weighted by Crippen LogP contribution is 2.32. The van der Waals surface area contributed by atoms with E-state index in [1.807, 2.05) is 18.2 Å². The fourth-order valence-electron chi connectivity index (χ4n) is 1.68. The number of hydrogen-bond acceptors (Lipinski definition) is 3. The van der Waals surface area contributed by atoms with Crippen molar-refractivity contribution in [2.75, 3.05) is 0 Å². The number of rotatable bonds is 1. The minimum absolute atomic E-state index is 0.101. The quantitative estimate of drug-likeness (QED) is 0.708. The van der Waals surface area contributed by atoms with Crippen LogP contribution in [0.1, 0.15) is 0 Å². The number of halogens is 1. The van der Waals surface area contributed by atoms with Gasteiger partial charge in [0.05, 0.1) is 10.6 Å². The predicted octanol–water partition coefficient (Wildman–Crippen LogP) is 3.85. The van der Waals surface area contributed by atoms with Crippen molar-refractivity contribution in [3.05, 3.63) is 47.5 Å². The summed E-state index contributed by atoms with van der Waals surface area (Å²) in [5, 5.41) is 10.2. The number of aromatic hydroxyl groups is 1. The van der Waals surface area contributed by atoms with Crippen molar-refractivity contribution >= 4 is 22.7 Å². The van der Waals surface area contributed by atoms with Gasteiger partial charge < -0.3 is 9.52 Å². The summed E-state index contributed by atoms with van der Waals surface area (Å²) >= 11 is 6.06. The number of fused-ring (bicyclic) bond motifs is 1. The van der Waals surface area contributed by atoms with Crippen LogP contribution in [-0.4, -0.2) is 10.1 Å². The highest BCUT2D eigenvalue weighted by molar-refractivity contribution is 6.33. The second kappa shape index (κ2) is 3.79. The van der Waals surface area contributed by atoms with E-state index < -0.39 is 0 Å². The molecule has 0 atom stereocenters. The Morgan fingerprint density at radius 1 is 1.06 bits per heavy atom. The molecule has 3 rings (SSSR count). The number of nitrogens with zero attached hydrogens (tertiary/aromatic N) is 1. The zero-order valence-corrected chi connectivity index (χ0v) is 9.48. The summed E-state index contributed by atoms with van der Waals surface area (Å²) in [6, 6.07) is 12.3. The SMILES string of the molecule is Oc1cccc2oc(-c3ccccc3Cl)nc12. The lowest BCUT2D eigenvalue weighted by atomic mass is 10.2. The average molecular weight is 246 g/mol. The number of phenolic OH excluding ortho intramolecular Hbond substituents is 1. The van der Waals surface area contributed by atoms with Gasteiger partial charge in [-0.1, -0.05) is 29.8 Å². The Morgan fingerprint density at radius 3 is 2.65 bits per heavy atom. The van der Waals surface area contributed by atoms with Crippen LogP contribution in [-0.2, 0) is 0 Å². The van der Waals surface area contributed by atoms with Gasteiger partial charge in [0.1, 0.15) is 5.75 Å². The van der Waals surface area contributed by atoms with Gasteiger partial charge in [-0.15, -0.1) is 0 Å². The van der Waals surface area contributed by atoms with E-state index in [9.17, 15) is 5.11 Å². The Labute approximate surface area is 102 Å². The van der Waals surface area contributed by atoms with Gasteiger partial charge in [0.25, 0.3) is 0 Å². The Hall–Kier alpha value is -2.00. The second-order valence-corrected chi connectivity index (χ2v) is 4.03. The molecule has 84 valence electrons. The van der Waals surface area contributed by atoms with Gasteiger partial charge >= 0.3 is 0 Å². The molecule has 3 nitrogen and oxygen atoms in total. The van der Waals surface area contributed by atoms with Crippen LogP contribution in [0.3, 0.4) is 0 Å². The summed E-state index contributed by atoms with van der Waals surface area (Å²) in [6.07, 6.45) is 0. The summed E-state index contributed by atoms with van der Waals surface area (Å²) in [7, 11) is 0. The summed E-state index contributed by atoms with van der Waals surface area (Å²) in [5.74, 6) is 0.511. The summed E-state index contributed by atoms with van der Waals surface area (Å²) in [4.78, 5) is 4.24. The minimum Gasteiger partial charge on any atom is -0.506 e. The van der Waals surface area contributed by atoms with Gasteiger partial charge in [0, 0.05) is 0 Å². The predicted molar refractivity (Wildman–Crippen MR) is 66.1 cm³/mol. The molecule has 0 fully saturated rings. The molecule has 17 heavy (non-hydrogen) atoms. The van der Waals surface area contributed by atoms with Gasteiger partial charge in [-0.3, -0.25) is 0 Å². The smallest absolute Gasteiger partial charge is 0.228 e. The van der Waals surface area contributed by atoms with Gasteiger partial charge in [-0.25, -0.2) is 4.98 Å². The summed E-state index contributed by atoms with van der Waals surface area (Å²) in [5.41, 5.74) is 1.70. The molecule has 0 saturated carbocycles. The van der Waals surface area contributed by atoms with Crippen LogP contribution >= 0.6 is 11.6 Å². The van der Waals surface area contributed by atoms with Crippen LogP contribution in [0.2, 0.25) is 5.02 Å². The molecule has 0 unspecified atom stereocenters. The number of benzene rings is 2. The third kappa shape index (κ3) is 1.65. The lowest BCUT2D eigenvalue weighted by molar-refractivity contribution is 0.480. The zero-order valence-electron chi connectivity index (χ0n) is 8.72. The first-order valence-corrected chi connectivity index (χ1v) is 5.47. The van der Waals surface area contributed by atoms with Crippen LogP contribution in [0, 0.1) is 0 Å². The third-order valence-electron chi connectivity index (χ3n) is 2.50. The van der Waals surface area contributed by atoms with Crippen molar-refractivity contribution in [1.82, 2.24) is 4.98 Å². The molecular weight excluding hydrogens is 238 g/mol. The molecule has 0 aliphatic carbocycles. The number of hydrogen-bond donors (Lipinski definition) is 1. The third-order valence-corrected chi connectivity index (χ3v) is 2.83. The molecule has 4 heteroatoms. The maximum Gasteiger partial charge on any atom is 0.228 e. The van der Waals surface area contributed by atoms with E-state index in [2.05, 4.69) is 4.98 Å². The van der Waals surface area contributed by atoms with Crippen LogP contribution < -0.4 is 0 Å². The van der Waals surface area contributed by atoms with Crippen LogP contribution in [0.25, 0.3) is 22.6 Å². The maximum atomic E-state index is 9.65. The minimum atomic E-state index is 0.101. The first-order chi connectivity index (χ1) is 8.25. The molecule has 2 aromatic carbocycles. The molecule has 3 aromatic rings. The standard InChI is InChI=1S/C13H8ClNO2/c14-9-5-2-1-4-8(9)13-15-12-10(16)6-3-7-11(12)17-13/h1-7,16H. The molecule has 1 aromatic heterocycles. The molecule has 1 N–H and O–H groups in total. The van der Waals surface area contributed by atoms with Crippen molar-refractivity contribution in [2.24, 2.45) is 0 Å². The average Bonchev–Trinajstić information content (AvgIpc) is 2.75. The van der Waals surface area contributed by atoms with E-state index in [0.29, 0.717) is 27.6 Å². The van der Waals surface area contributed by atoms with Crippen molar-refractivity contribution in [1.29, 1.82) is 0 Å². The lowest BCUT2D eigenvalue weighted by Gasteiger charge is -1.96. The monoisotopic (exact) mass is 245 g/mol. The van der Waals surface area contributed by atoms with Gasteiger partial charge in [-0.05, 0) is 24.3 Å². The molecule has 1 heterocycles. The van der Waals surface area contributed by atoms with Crippen LogP contribution in [0.5, 0.6) is 5.75 Å². The maximum absolute atomic E-state index is 9.65. The molecule has 0 aliphatic rings. The van der Waals surface area contributed by atoms with Gasteiger partial charge in [-0.2, -0.15) is 0 Å². The fourth-order valence-corrected chi connectivity index (χ4v) is 1.90. The Bertz CT molecular complexity index is 691. The van der Waals surface area contributed by atoms with Crippen molar-refractivity contribution in [3.63, 3.8) is 0 Å². The zero-order chi connectivity index (χ0) is 11.8. The van der Waals surface area contributed by atoms with Crippen molar-refractivity contribution in [3.8, 4) is 17.2 Å². The molecule has 0 amide bonds. The largest absolute Gasteiger partial charge is 0.506 e. The Morgan fingerprint density at radius 2 is 1.88 bits per heavy atom. The van der Waals surface area contributed by atoms with E-state index in [0.717, 1.165) is 0 Å². The highest BCUT2D eigenvalue weighted by atomic mass is 35.5. The molecule has 0 bridgehead atoms. The van der Waals surface area contributed by atoms with Crippen LogP contribution in [0.15, 0.2) is 46.9 Å².